The Morgan fingerprint density at radius 3 is 2.50 bits per heavy atom. The van der Waals surface area contributed by atoms with Gasteiger partial charge in [-0.25, -0.2) is 0 Å². The van der Waals surface area contributed by atoms with Crippen molar-refractivity contribution in [2.24, 2.45) is 17.8 Å². The van der Waals surface area contributed by atoms with Crippen molar-refractivity contribution in [2.75, 3.05) is 13.6 Å². The minimum atomic E-state index is 0.324. The third-order valence-electron chi connectivity index (χ3n) is 5.69. The molecule has 0 aromatic carbocycles. The summed E-state index contributed by atoms with van der Waals surface area (Å²) in [6, 6.07) is 0.727. The number of ketones is 1. The standard InChI is InChI=1S/C18H33NO/c1-4-5-15-8-11-18(20)16(12-15)13-19(3)17-9-6-14(2)7-10-17/h14-17H,4-13H2,1-3H3. The average molecular weight is 279 g/mol. The monoisotopic (exact) mass is 279 g/mol. The molecular formula is C18H33NO. The van der Waals surface area contributed by atoms with Gasteiger partial charge in [-0.3, -0.25) is 4.79 Å². The number of nitrogens with zero attached hydrogens (tertiary/aromatic N) is 1. The van der Waals surface area contributed by atoms with Crippen LogP contribution in [0.1, 0.15) is 71.6 Å². The molecule has 2 saturated carbocycles. The maximum Gasteiger partial charge on any atom is 0.137 e. The number of rotatable bonds is 5. The van der Waals surface area contributed by atoms with Crippen molar-refractivity contribution in [1.82, 2.24) is 4.90 Å². The third kappa shape index (κ3) is 4.31. The Hall–Kier alpha value is -0.370. The van der Waals surface area contributed by atoms with Crippen molar-refractivity contribution < 1.29 is 4.79 Å². The van der Waals surface area contributed by atoms with Crippen LogP contribution in [0.15, 0.2) is 0 Å². The number of hydrogen-bond donors (Lipinski definition) is 0. The van der Waals surface area contributed by atoms with Crippen LogP contribution in [-0.2, 0) is 4.79 Å². The molecule has 2 atom stereocenters. The van der Waals surface area contributed by atoms with E-state index in [1.54, 1.807) is 0 Å². The Morgan fingerprint density at radius 2 is 1.85 bits per heavy atom. The fraction of sp³-hybridized carbons (Fsp3) is 0.944. The smallest absolute Gasteiger partial charge is 0.137 e. The van der Waals surface area contributed by atoms with Gasteiger partial charge >= 0.3 is 0 Å². The van der Waals surface area contributed by atoms with Crippen molar-refractivity contribution in [3.05, 3.63) is 0 Å². The number of hydrogen-bond acceptors (Lipinski definition) is 2. The van der Waals surface area contributed by atoms with Crippen molar-refractivity contribution in [2.45, 2.75) is 77.7 Å². The Labute approximate surface area is 125 Å². The SMILES string of the molecule is CCCC1CCC(=O)C(CN(C)C2CCC(C)CC2)C1. The van der Waals surface area contributed by atoms with Crippen LogP contribution in [0.5, 0.6) is 0 Å². The molecule has 0 aliphatic heterocycles. The van der Waals surface area contributed by atoms with Crippen LogP contribution >= 0.6 is 0 Å². The minimum Gasteiger partial charge on any atom is -0.303 e. The normalized spacial score (nSPS) is 35.5. The lowest BCUT2D eigenvalue weighted by molar-refractivity contribution is -0.126. The highest BCUT2D eigenvalue weighted by Gasteiger charge is 2.31. The van der Waals surface area contributed by atoms with Crippen molar-refractivity contribution in [3.8, 4) is 0 Å². The highest BCUT2D eigenvalue weighted by molar-refractivity contribution is 5.81. The summed E-state index contributed by atoms with van der Waals surface area (Å²) in [5.74, 6) is 2.57. The largest absolute Gasteiger partial charge is 0.303 e. The van der Waals surface area contributed by atoms with E-state index < -0.39 is 0 Å². The predicted octanol–water partition coefficient (Wildman–Crippen LogP) is 4.28. The highest BCUT2D eigenvalue weighted by atomic mass is 16.1. The molecule has 0 heterocycles. The van der Waals surface area contributed by atoms with E-state index in [1.165, 1.54) is 38.5 Å². The maximum absolute atomic E-state index is 12.2. The van der Waals surface area contributed by atoms with Crippen LogP contribution in [0.2, 0.25) is 0 Å². The molecular weight excluding hydrogens is 246 g/mol. The first-order chi connectivity index (χ1) is 9.60. The van der Waals surface area contributed by atoms with Gasteiger partial charge in [-0.05, 0) is 57.4 Å². The highest BCUT2D eigenvalue weighted by Crippen LogP contribution is 2.32. The molecule has 2 heteroatoms. The fourth-order valence-electron chi connectivity index (χ4n) is 4.23. The molecule has 2 nitrogen and oxygen atoms in total. The maximum atomic E-state index is 12.2. The van der Waals surface area contributed by atoms with Crippen LogP contribution in [0, 0.1) is 17.8 Å². The molecule has 20 heavy (non-hydrogen) atoms. The van der Waals surface area contributed by atoms with Crippen LogP contribution in [0.25, 0.3) is 0 Å². The quantitative estimate of drug-likeness (QED) is 0.748. The van der Waals surface area contributed by atoms with E-state index in [0.29, 0.717) is 11.7 Å². The summed E-state index contributed by atoms with van der Waals surface area (Å²) < 4.78 is 0. The Balaban J connectivity index is 1.82. The van der Waals surface area contributed by atoms with Gasteiger partial charge in [0.15, 0.2) is 0 Å². The van der Waals surface area contributed by atoms with E-state index >= 15 is 0 Å². The topological polar surface area (TPSA) is 20.3 Å². The van der Waals surface area contributed by atoms with Crippen LogP contribution in [0.3, 0.4) is 0 Å². The molecule has 0 N–H and O–H groups in total. The lowest BCUT2D eigenvalue weighted by atomic mass is 9.78. The third-order valence-corrected chi connectivity index (χ3v) is 5.69. The van der Waals surface area contributed by atoms with Gasteiger partial charge in [0.2, 0.25) is 0 Å². The zero-order valence-corrected chi connectivity index (χ0v) is 13.7. The molecule has 0 radical (unpaired) electrons. The summed E-state index contributed by atoms with van der Waals surface area (Å²) in [6.45, 7) is 5.65. The van der Waals surface area contributed by atoms with Gasteiger partial charge in [0, 0.05) is 24.9 Å². The fourth-order valence-corrected chi connectivity index (χ4v) is 4.23. The predicted molar refractivity (Wildman–Crippen MR) is 84.8 cm³/mol. The first-order valence-electron chi connectivity index (χ1n) is 8.83. The van der Waals surface area contributed by atoms with Gasteiger partial charge in [-0.1, -0.05) is 26.7 Å². The molecule has 2 rings (SSSR count). The van der Waals surface area contributed by atoms with E-state index in [2.05, 4.69) is 25.8 Å². The summed E-state index contributed by atoms with van der Waals surface area (Å²) in [4.78, 5) is 14.7. The van der Waals surface area contributed by atoms with Crippen LogP contribution in [-0.4, -0.2) is 30.3 Å². The zero-order chi connectivity index (χ0) is 14.5. The second-order valence-corrected chi connectivity index (χ2v) is 7.45. The second-order valence-electron chi connectivity index (χ2n) is 7.45. The Morgan fingerprint density at radius 1 is 1.15 bits per heavy atom. The van der Waals surface area contributed by atoms with Gasteiger partial charge in [0.05, 0.1) is 0 Å². The van der Waals surface area contributed by atoms with E-state index in [4.69, 9.17) is 0 Å². The molecule has 0 amide bonds. The Kier molecular flexibility index (Phi) is 6.07. The summed E-state index contributed by atoms with van der Waals surface area (Å²) in [5.41, 5.74) is 0. The summed E-state index contributed by atoms with van der Waals surface area (Å²) >= 11 is 0. The molecule has 2 fully saturated rings. The van der Waals surface area contributed by atoms with Gasteiger partial charge < -0.3 is 4.90 Å². The van der Waals surface area contributed by atoms with Gasteiger partial charge in [0.1, 0.15) is 5.78 Å². The molecule has 116 valence electrons. The van der Waals surface area contributed by atoms with Crippen molar-refractivity contribution in [1.29, 1.82) is 0 Å². The summed E-state index contributed by atoms with van der Waals surface area (Å²) in [6.07, 6.45) is 11.1. The lowest BCUT2D eigenvalue weighted by Gasteiger charge is -2.37. The molecule has 0 aromatic heterocycles. The molecule has 0 saturated heterocycles. The van der Waals surface area contributed by atoms with Crippen molar-refractivity contribution >= 4 is 5.78 Å². The van der Waals surface area contributed by atoms with Gasteiger partial charge in [0.25, 0.3) is 0 Å². The molecule has 0 aromatic rings. The lowest BCUT2D eigenvalue weighted by Crippen LogP contribution is -2.41. The van der Waals surface area contributed by atoms with E-state index in [-0.39, 0.29) is 0 Å². The van der Waals surface area contributed by atoms with Gasteiger partial charge in [-0.2, -0.15) is 0 Å². The summed E-state index contributed by atoms with van der Waals surface area (Å²) in [5, 5.41) is 0. The van der Waals surface area contributed by atoms with E-state index in [0.717, 1.165) is 43.7 Å². The Bertz CT molecular complexity index is 307. The molecule has 2 unspecified atom stereocenters. The molecule has 2 aliphatic rings. The average Bonchev–Trinajstić information content (AvgIpc) is 2.43. The number of Topliss-reactive ketones (excluding diaryl/α,β-unsaturated/α-hetero) is 1. The minimum absolute atomic E-state index is 0.324. The molecule has 0 spiro atoms. The van der Waals surface area contributed by atoms with E-state index in [1.807, 2.05) is 0 Å². The van der Waals surface area contributed by atoms with Gasteiger partial charge in [-0.15, -0.1) is 0 Å². The first kappa shape index (κ1) is 16.0. The first-order valence-corrected chi connectivity index (χ1v) is 8.83. The number of carbonyl (C=O) groups is 1. The van der Waals surface area contributed by atoms with Crippen molar-refractivity contribution in [3.63, 3.8) is 0 Å². The van der Waals surface area contributed by atoms with Crippen LogP contribution < -0.4 is 0 Å². The van der Waals surface area contributed by atoms with Crippen LogP contribution in [0.4, 0.5) is 0 Å². The van der Waals surface area contributed by atoms with E-state index in [9.17, 15) is 4.79 Å². The molecule has 2 aliphatic carbocycles. The summed E-state index contributed by atoms with van der Waals surface area (Å²) in [7, 11) is 2.25. The molecule has 0 bridgehead atoms. The number of carbonyl (C=O) groups excluding carboxylic acids is 1. The zero-order valence-electron chi connectivity index (χ0n) is 13.7. The second kappa shape index (κ2) is 7.59.